The maximum absolute atomic E-state index is 12.6. The molecule has 2 aromatic rings. The molecule has 0 spiro atoms. The van der Waals surface area contributed by atoms with E-state index in [1.807, 2.05) is 0 Å². The number of esters is 2. The Morgan fingerprint density at radius 1 is 0.727 bits per heavy atom. The van der Waals surface area contributed by atoms with Crippen molar-refractivity contribution < 1.29 is 19.1 Å². The highest BCUT2D eigenvalue weighted by molar-refractivity contribution is 5.80. The monoisotopic (exact) mass is 594 g/mol. The van der Waals surface area contributed by atoms with Gasteiger partial charge in [-0.15, -0.1) is 0 Å². The van der Waals surface area contributed by atoms with Crippen molar-refractivity contribution in [2.75, 3.05) is 0 Å². The lowest BCUT2D eigenvalue weighted by atomic mass is 9.44. The van der Waals surface area contributed by atoms with Crippen LogP contribution in [-0.4, -0.2) is 24.1 Å². The van der Waals surface area contributed by atoms with Gasteiger partial charge in [0.15, 0.2) is 0 Å². The summed E-state index contributed by atoms with van der Waals surface area (Å²) in [7, 11) is 0. The summed E-state index contributed by atoms with van der Waals surface area (Å²) in [5.41, 5.74) is 5.15. The molecular formula is C40H50O4. The SMILES string of the molecule is CC(=O)O[C@@H]1CC[C@@]2(C)[C@H](CC[C@@H]3[C@@H]2C[C@H](OC(C)=O)[C@]2(C)[C@@H](/C(C)=C/C=C(c4ccccc4)c4ccccc4)CC[C@@H]32)C1. The molecule has 4 fully saturated rings. The van der Waals surface area contributed by atoms with E-state index in [9.17, 15) is 9.59 Å². The molecule has 4 aliphatic carbocycles. The molecule has 0 aromatic heterocycles. The Hall–Kier alpha value is -3.14. The first-order valence-electron chi connectivity index (χ1n) is 16.9. The summed E-state index contributed by atoms with van der Waals surface area (Å²) < 4.78 is 12.0. The lowest BCUT2D eigenvalue weighted by Crippen LogP contribution is -2.59. The Bertz CT molecular complexity index is 1370. The third-order valence-corrected chi connectivity index (χ3v) is 12.6. The van der Waals surface area contributed by atoms with Crippen molar-refractivity contribution in [2.45, 2.75) is 98.2 Å². The van der Waals surface area contributed by atoms with Gasteiger partial charge in [0.05, 0.1) is 0 Å². The van der Waals surface area contributed by atoms with Gasteiger partial charge >= 0.3 is 11.9 Å². The number of benzene rings is 2. The van der Waals surface area contributed by atoms with Gasteiger partial charge in [0.2, 0.25) is 0 Å². The summed E-state index contributed by atoms with van der Waals surface area (Å²) in [6, 6.07) is 21.3. The summed E-state index contributed by atoms with van der Waals surface area (Å²) >= 11 is 0. The van der Waals surface area contributed by atoms with Crippen molar-refractivity contribution in [2.24, 2.45) is 40.4 Å². The zero-order valence-electron chi connectivity index (χ0n) is 27.3. The average Bonchev–Trinajstić information content (AvgIpc) is 3.37. The number of hydrogen-bond acceptors (Lipinski definition) is 4. The molecule has 4 aliphatic rings. The zero-order chi connectivity index (χ0) is 31.1. The summed E-state index contributed by atoms with van der Waals surface area (Å²) in [6.45, 7) is 10.4. The first kappa shape index (κ1) is 30.9. The minimum Gasteiger partial charge on any atom is -0.463 e. The van der Waals surface area contributed by atoms with Crippen molar-refractivity contribution in [1.82, 2.24) is 0 Å². The first-order valence-corrected chi connectivity index (χ1v) is 16.9. The fraction of sp³-hybridized carbons (Fsp3) is 0.550. The molecule has 9 atom stereocenters. The van der Waals surface area contributed by atoms with Crippen LogP contribution in [0.25, 0.3) is 5.57 Å². The highest BCUT2D eigenvalue weighted by Crippen LogP contribution is 2.68. The van der Waals surface area contributed by atoms with Crippen molar-refractivity contribution >= 4 is 17.5 Å². The normalized spacial score (nSPS) is 36.3. The number of ether oxygens (including phenoxy) is 2. The van der Waals surface area contributed by atoms with E-state index in [-0.39, 0.29) is 35.0 Å². The van der Waals surface area contributed by atoms with Crippen molar-refractivity contribution in [1.29, 1.82) is 0 Å². The summed E-state index contributed by atoms with van der Waals surface area (Å²) in [6.07, 6.45) is 13.3. The molecule has 0 heterocycles. The van der Waals surface area contributed by atoms with E-state index < -0.39 is 0 Å². The van der Waals surface area contributed by atoms with Crippen molar-refractivity contribution in [3.63, 3.8) is 0 Å². The Labute approximate surface area is 264 Å². The summed E-state index contributed by atoms with van der Waals surface area (Å²) in [5.74, 6) is 2.32. The molecule has 2 aromatic carbocycles. The highest BCUT2D eigenvalue weighted by Gasteiger charge is 2.64. The van der Waals surface area contributed by atoms with Gasteiger partial charge in [0.25, 0.3) is 0 Å². The Balaban J connectivity index is 1.31. The molecule has 234 valence electrons. The molecule has 0 aliphatic heterocycles. The van der Waals surface area contributed by atoms with Gasteiger partial charge in [-0.3, -0.25) is 9.59 Å². The van der Waals surface area contributed by atoms with Crippen LogP contribution >= 0.6 is 0 Å². The van der Waals surface area contributed by atoms with Crippen LogP contribution in [0.1, 0.15) is 97.1 Å². The molecule has 0 bridgehead atoms. The molecule has 0 unspecified atom stereocenters. The van der Waals surface area contributed by atoms with E-state index in [4.69, 9.17) is 9.47 Å². The van der Waals surface area contributed by atoms with Crippen LogP contribution in [0.4, 0.5) is 0 Å². The highest BCUT2D eigenvalue weighted by atomic mass is 16.5. The third-order valence-electron chi connectivity index (χ3n) is 12.6. The van der Waals surface area contributed by atoms with E-state index in [0.717, 1.165) is 32.1 Å². The molecule has 0 radical (unpaired) electrons. The molecule has 0 N–H and O–H groups in total. The number of carbonyl (C=O) groups excluding carboxylic acids is 2. The molecule has 0 saturated heterocycles. The average molecular weight is 595 g/mol. The smallest absolute Gasteiger partial charge is 0.302 e. The molecule has 4 saturated carbocycles. The molecule has 4 nitrogen and oxygen atoms in total. The minimum absolute atomic E-state index is 0.0496. The van der Waals surface area contributed by atoms with Crippen LogP contribution in [0.2, 0.25) is 0 Å². The summed E-state index contributed by atoms with van der Waals surface area (Å²) in [4.78, 5) is 24.3. The van der Waals surface area contributed by atoms with E-state index in [1.165, 1.54) is 48.5 Å². The fourth-order valence-corrected chi connectivity index (χ4v) is 10.5. The van der Waals surface area contributed by atoms with Crippen LogP contribution in [-0.2, 0) is 19.1 Å². The van der Waals surface area contributed by atoms with Gasteiger partial charge in [0.1, 0.15) is 12.2 Å². The molecule has 44 heavy (non-hydrogen) atoms. The van der Waals surface area contributed by atoms with E-state index in [0.29, 0.717) is 29.6 Å². The quantitative estimate of drug-likeness (QED) is 0.247. The Kier molecular flexibility index (Phi) is 8.65. The van der Waals surface area contributed by atoms with Crippen LogP contribution in [0.15, 0.2) is 78.4 Å². The molecule has 0 amide bonds. The van der Waals surface area contributed by atoms with Gasteiger partial charge in [-0.25, -0.2) is 0 Å². The second-order valence-corrected chi connectivity index (χ2v) is 14.7. The van der Waals surface area contributed by atoms with E-state index in [2.05, 4.69) is 93.6 Å². The minimum atomic E-state index is -0.162. The predicted molar refractivity (Wildman–Crippen MR) is 175 cm³/mol. The number of rotatable bonds is 6. The second kappa shape index (κ2) is 12.3. The lowest BCUT2D eigenvalue weighted by molar-refractivity contribution is -0.193. The van der Waals surface area contributed by atoms with Crippen LogP contribution < -0.4 is 0 Å². The van der Waals surface area contributed by atoms with Gasteiger partial charge in [-0.1, -0.05) is 92.2 Å². The maximum atomic E-state index is 12.6. The number of carbonyl (C=O) groups is 2. The topological polar surface area (TPSA) is 52.6 Å². The van der Waals surface area contributed by atoms with E-state index >= 15 is 0 Å². The van der Waals surface area contributed by atoms with Gasteiger partial charge in [-0.2, -0.15) is 0 Å². The number of allylic oxidation sites excluding steroid dienone is 3. The lowest BCUT2D eigenvalue weighted by Gasteiger charge is -2.62. The second-order valence-electron chi connectivity index (χ2n) is 14.7. The van der Waals surface area contributed by atoms with Crippen molar-refractivity contribution in [3.05, 3.63) is 89.5 Å². The zero-order valence-corrected chi connectivity index (χ0v) is 27.3. The van der Waals surface area contributed by atoms with Gasteiger partial charge in [0, 0.05) is 19.3 Å². The predicted octanol–water partition coefficient (Wildman–Crippen LogP) is 9.20. The van der Waals surface area contributed by atoms with Gasteiger partial charge < -0.3 is 9.47 Å². The number of fused-ring (bicyclic) bond motifs is 5. The maximum Gasteiger partial charge on any atom is 0.302 e. The number of hydrogen-bond donors (Lipinski definition) is 0. The van der Waals surface area contributed by atoms with Crippen molar-refractivity contribution in [3.8, 4) is 0 Å². The van der Waals surface area contributed by atoms with Crippen LogP contribution in [0.5, 0.6) is 0 Å². The Morgan fingerprint density at radius 3 is 1.98 bits per heavy atom. The molecule has 4 heteroatoms. The molecular weight excluding hydrogens is 544 g/mol. The van der Waals surface area contributed by atoms with E-state index in [1.54, 1.807) is 6.92 Å². The standard InChI is InChI=1S/C40H50O4/c1-26(16-18-33(29-12-8-6-9-13-29)30-14-10-7-11-15-30)35-20-21-36-34-19-17-31-24-32(43-27(2)41)22-23-39(31,4)37(34)25-38(40(35,36)5)44-28(3)42/h6-16,18,31-32,34-38H,17,19-25H2,1-5H3/b26-16+/t31-,32-,34+,35-,36+,37+,38+,39+,40-/m1/s1. The van der Waals surface area contributed by atoms with Gasteiger partial charge in [-0.05, 0) is 110 Å². The van der Waals surface area contributed by atoms with Crippen LogP contribution in [0.3, 0.4) is 0 Å². The fourth-order valence-electron chi connectivity index (χ4n) is 10.5. The Morgan fingerprint density at radius 2 is 1.36 bits per heavy atom. The first-order chi connectivity index (χ1) is 21.1. The summed E-state index contributed by atoms with van der Waals surface area (Å²) in [5, 5.41) is 0. The largest absolute Gasteiger partial charge is 0.463 e. The third kappa shape index (κ3) is 5.59. The van der Waals surface area contributed by atoms with Crippen LogP contribution in [0, 0.1) is 40.4 Å². The molecule has 6 rings (SSSR count).